The summed E-state index contributed by atoms with van der Waals surface area (Å²) in [5.41, 5.74) is 3.21. The fourth-order valence-corrected chi connectivity index (χ4v) is 4.20. The number of oxazole rings is 1. The Labute approximate surface area is 160 Å². The van der Waals surface area contributed by atoms with Gasteiger partial charge in [0.05, 0.1) is 22.6 Å². The summed E-state index contributed by atoms with van der Waals surface area (Å²) in [6, 6.07) is 15.4. The Bertz CT molecular complexity index is 1250. The molecule has 3 heterocycles. The molecule has 0 N–H and O–H groups in total. The highest BCUT2D eigenvalue weighted by molar-refractivity contribution is 5.80. The van der Waals surface area contributed by atoms with Gasteiger partial charge in [0.25, 0.3) is 0 Å². The van der Waals surface area contributed by atoms with Gasteiger partial charge in [-0.05, 0) is 37.6 Å². The number of amides is 1. The highest BCUT2D eigenvalue weighted by atomic mass is 16.4. The van der Waals surface area contributed by atoms with Crippen LogP contribution in [0.3, 0.4) is 0 Å². The molecular formula is C21H20N4O3. The van der Waals surface area contributed by atoms with Crippen LogP contribution in [0.1, 0.15) is 18.3 Å². The van der Waals surface area contributed by atoms with Crippen molar-refractivity contribution in [3.8, 4) is 0 Å². The highest BCUT2D eigenvalue weighted by Gasteiger charge is 2.29. The van der Waals surface area contributed by atoms with Crippen LogP contribution in [0.4, 0.5) is 0 Å². The minimum Gasteiger partial charge on any atom is -0.408 e. The summed E-state index contributed by atoms with van der Waals surface area (Å²) in [6.07, 6.45) is 0.869. The van der Waals surface area contributed by atoms with Crippen molar-refractivity contribution in [2.24, 2.45) is 0 Å². The zero-order chi connectivity index (χ0) is 19.3. The number of likely N-dealkylation sites (tertiary alicyclic amines) is 1. The van der Waals surface area contributed by atoms with Crippen molar-refractivity contribution in [3.63, 3.8) is 0 Å². The van der Waals surface area contributed by atoms with Crippen LogP contribution in [0.25, 0.3) is 22.1 Å². The van der Waals surface area contributed by atoms with E-state index in [9.17, 15) is 9.59 Å². The molecule has 1 aliphatic heterocycles. The van der Waals surface area contributed by atoms with Crippen LogP contribution in [-0.2, 0) is 11.3 Å². The number of carbonyl (C=O) groups excluding carboxylic acids is 1. The minimum absolute atomic E-state index is 0.00771. The maximum atomic E-state index is 12.9. The molecule has 1 aliphatic rings. The second-order valence-electron chi connectivity index (χ2n) is 7.22. The summed E-state index contributed by atoms with van der Waals surface area (Å²) in [5.74, 6) is 0.387. The van der Waals surface area contributed by atoms with Gasteiger partial charge < -0.3 is 13.9 Å². The van der Waals surface area contributed by atoms with Gasteiger partial charge in [0.2, 0.25) is 5.91 Å². The van der Waals surface area contributed by atoms with E-state index in [2.05, 4.69) is 15.6 Å². The maximum Gasteiger partial charge on any atom is 0.420 e. The molecule has 0 aliphatic carbocycles. The Kier molecular flexibility index (Phi) is 3.82. The summed E-state index contributed by atoms with van der Waals surface area (Å²) >= 11 is 0. The number of hydrogen-bond donors (Lipinski definition) is 0. The van der Waals surface area contributed by atoms with Gasteiger partial charge >= 0.3 is 5.76 Å². The molecule has 1 saturated heterocycles. The fourth-order valence-electron chi connectivity index (χ4n) is 4.20. The van der Waals surface area contributed by atoms with E-state index in [1.807, 2.05) is 36.1 Å². The summed E-state index contributed by atoms with van der Waals surface area (Å²) in [6.45, 7) is 3.28. The van der Waals surface area contributed by atoms with Gasteiger partial charge in [-0.1, -0.05) is 24.3 Å². The number of carbonyl (C=O) groups is 1. The first kappa shape index (κ1) is 16.8. The topological polar surface area (TPSA) is 73.3 Å². The van der Waals surface area contributed by atoms with E-state index >= 15 is 0 Å². The maximum absolute atomic E-state index is 12.9. The number of benzene rings is 2. The number of rotatable bonds is 3. The Morgan fingerprint density at radius 1 is 1.14 bits per heavy atom. The molecule has 7 nitrogen and oxygen atoms in total. The van der Waals surface area contributed by atoms with Crippen LogP contribution >= 0.6 is 0 Å². The third-order valence-electron chi connectivity index (χ3n) is 5.52. The van der Waals surface area contributed by atoms with E-state index < -0.39 is 5.76 Å². The van der Waals surface area contributed by atoms with E-state index in [1.165, 1.54) is 4.57 Å². The summed E-state index contributed by atoms with van der Waals surface area (Å²) in [7, 11) is 0. The normalized spacial score (nSPS) is 17.0. The first-order valence-electron chi connectivity index (χ1n) is 9.41. The molecule has 28 heavy (non-hydrogen) atoms. The van der Waals surface area contributed by atoms with Crippen molar-refractivity contribution in [2.45, 2.75) is 25.9 Å². The number of aryl methyl sites for hydroxylation is 1. The quantitative estimate of drug-likeness (QED) is 0.551. The Morgan fingerprint density at radius 2 is 1.89 bits per heavy atom. The number of nitrogens with zero attached hydrogens (tertiary/aromatic N) is 4. The molecule has 0 radical (unpaired) electrons. The van der Waals surface area contributed by atoms with Gasteiger partial charge in [-0.3, -0.25) is 9.36 Å². The molecule has 5 rings (SSSR count). The number of fused-ring (bicyclic) bond motifs is 2. The first-order valence-corrected chi connectivity index (χ1v) is 9.41. The molecule has 1 atom stereocenters. The average molecular weight is 376 g/mol. The van der Waals surface area contributed by atoms with E-state index in [0.717, 1.165) is 23.3 Å². The molecule has 7 heteroatoms. The lowest BCUT2D eigenvalue weighted by Gasteiger charge is -2.18. The zero-order valence-electron chi connectivity index (χ0n) is 15.5. The Balaban J connectivity index is 1.38. The molecule has 0 bridgehead atoms. The third-order valence-corrected chi connectivity index (χ3v) is 5.52. The first-order chi connectivity index (χ1) is 13.6. The summed E-state index contributed by atoms with van der Waals surface area (Å²) in [5, 5.41) is 0. The lowest BCUT2D eigenvalue weighted by Crippen LogP contribution is -2.34. The van der Waals surface area contributed by atoms with Crippen molar-refractivity contribution >= 4 is 28.0 Å². The van der Waals surface area contributed by atoms with Crippen molar-refractivity contribution < 1.29 is 9.21 Å². The number of imidazole rings is 1. The van der Waals surface area contributed by atoms with Crippen molar-refractivity contribution in [1.29, 1.82) is 0 Å². The van der Waals surface area contributed by atoms with E-state index in [4.69, 9.17) is 4.42 Å². The fraction of sp³-hybridized carbons (Fsp3) is 0.286. The monoisotopic (exact) mass is 376 g/mol. The second kappa shape index (κ2) is 6.37. The van der Waals surface area contributed by atoms with E-state index in [0.29, 0.717) is 24.2 Å². The van der Waals surface area contributed by atoms with Crippen LogP contribution in [0.15, 0.2) is 57.7 Å². The zero-order valence-corrected chi connectivity index (χ0v) is 15.5. The Morgan fingerprint density at radius 3 is 2.75 bits per heavy atom. The molecule has 1 amide bonds. The largest absolute Gasteiger partial charge is 0.420 e. The predicted molar refractivity (Wildman–Crippen MR) is 105 cm³/mol. The number of para-hydroxylation sites is 4. The highest BCUT2D eigenvalue weighted by Crippen LogP contribution is 2.28. The summed E-state index contributed by atoms with van der Waals surface area (Å²) < 4.78 is 8.86. The number of hydrogen-bond acceptors (Lipinski definition) is 4. The van der Waals surface area contributed by atoms with E-state index in [1.54, 1.807) is 18.2 Å². The lowest BCUT2D eigenvalue weighted by molar-refractivity contribution is -0.130. The molecule has 0 spiro atoms. The molecule has 0 unspecified atom stereocenters. The minimum atomic E-state index is -0.498. The smallest absolute Gasteiger partial charge is 0.408 e. The van der Waals surface area contributed by atoms with Crippen LogP contribution in [-0.4, -0.2) is 38.0 Å². The molecule has 0 saturated carbocycles. The van der Waals surface area contributed by atoms with E-state index in [-0.39, 0.29) is 18.5 Å². The van der Waals surface area contributed by atoms with Gasteiger partial charge in [-0.25, -0.2) is 9.78 Å². The van der Waals surface area contributed by atoms with Crippen LogP contribution in [0.5, 0.6) is 0 Å². The van der Waals surface area contributed by atoms with Crippen molar-refractivity contribution in [3.05, 3.63) is 64.9 Å². The van der Waals surface area contributed by atoms with Crippen molar-refractivity contribution in [1.82, 2.24) is 19.0 Å². The Hall–Kier alpha value is -3.35. The van der Waals surface area contributed by atoms with Gasteiger partial charge in [0.15, 0.2) is 5.58 Å². The molecule has 2 aromatic heterocycles. The molecule has 2 aromatic carbocycles. The predicted octanol–water partition coefficient (Wildman–Crippen LogP) is 2.73. The van der Waals surface area contributed by atoms with Crippen LogP contribution < -0.4 is 5.76 Å². The van der Waals surface area contributed by atoms with Crippen LogP contribution in [0.2, 0.25) is 0 Å². The van der Waals surface area contributed by atoms with Gasteiger partial charge in [0, 0.05) is 13.1 Å². The molecule has 1 fully saturated rings. The summed E-state index contributed by atoms with van der Waals surface area (Å²) in [4.78, 5) is 31.5. The van der Waals surface area contributed by atoms with Gasteiger partial charge in [0.1, 0.15) is 12.4 Å². The van der Waals surface area contributed by atoms with Gasteiger partial charge in [-0.2, -0.15) is 0 Å². The molecule has 4 aromatic rings. The lowest BCUT2D eigenvalue weighted by atomic mass is 10.2. The second-order valence-corrected chi connectivity index (χ2v) is 7.22. The average Bonchev–Trinajstić information content (AvgIpc) is 3.37. The standard InChI is InChI=1S/C21H20N4O3/c1-14-22-16-6-2-3-7-17(16)25(14)15-10-11-23(12-15)20(26)13-24-18-8-4-5-9-19(18)28-21(24)27/h2-9,15H,10-13H2,1H3/t15-/m1/s1. The van der Waals surface area contributed by atoms with Crippen molar-refractivity contribution in [2.75, 3.05) is 13.1 Å². The molecule has 142 valence electrons. The van der Waals surface area contributed by atoms with Gasteiger partial charge in [-0.15, -0.1) is 0 Å². The molecular weight excluding hydrogens is 356 g/mol. The third kappa shape index (κ3) is 2.62. The SMILES string of the molecule is Cc1nc2ccccc2n1[C@@H]1CCN(C(=O)Cn2c(=O)oc3ccccc32)C1. The number of aromatic nitrogens is 3. The van der Waals surface area contributed by atoms with Crippen LogP contribution in [0, 0.1) is 6.92 Å².